The van der Waals surface area contributed by atoms with Gasteiger partial charge in [-0.2, -0.15) is 0 Å². The summed E-state index contributed by atoms with van der Waals surface area (Å²) >= 11 is 0. The molecule has 1 aliphatic carbocycles. The first-order valence-corrected chi connectivity index (χ1v) is 8.86. The Morgan fingerprint density at radius 3 is 1.85 bits per heavy atom. The summed E-state index contributed by atoms with van der Waals surface area (Å²) in [7, 11) is 0. The van der Waals surface area contributed by atoms with Crippen LogP contribution in [-0.4, -0.2) is 60.3 Å². The first-order valence-electron chi connectivity index (χ1n) is 8.86. The molecule has 0 amide bonds. The summed E-state index contributed by atoms with van der Waals surface area (Å²) in [5.41, 5.74) is 0. The molecule has 0 radical (unpaired) electrons. The van der Waals surface area contributed by atoms with Crippen LogP contribution in [0.1, 0.15) is 58.8 Å². The van der Waals surface area contributed by atoms with Crippen molar-refractivity contribution < 1.29 is 4.74 Å². The highest BCUT2D eigenvalue weighted by molar-refractivity contribution is 4.87. The van der Waals surface area contributed by atoms with Crippen molar-refractivity contribution in [2.24, 2.45) is 0 Å². The predicted molar refractivity (Wildman–Crippen MR) is 83.1 cm³/mol. The second kappa shape index (κ2) is 6.76. The van der Waals surface area contributed by atoms with Gasteiger partial charge in [0, 0.05) is 25.2 Å². The van der Waals surface area contributed by atoms with E-state index in [0.29, 0.717) is 12.2 Å². The van der Waals surface area contributed by atoms with E-state index < -0.39 is 0 Å². The molecule has 3 rings (SSSR count). The monoisotopic (exact) mass is 280 g/mol. The molecule has 2 atom stereocenters. The number of nitrogens with zero attached hydrogens (tertiary/aromatic N) is 2. The molecule has 2 heterocycles. The van der Waals surface area contributed by atoms with Crippen LogP contribution in [0.25, 0.3) is 0 Å². The fraction of sp³-hybridized carbons (Fsp3) is 1.00. The van der Waals surface area contributed by atoms with E-state index >= 15 is 0 Å². The van der Waals surface area contributed by atoms with E-state index in [4.69, 9.17) is 4.74 Å². The molecule has 3 fully saturated rings. The van der Waals surface area contributed by atoms with E-state index in [1.54, 1.807) is 0 Å². The summed E-state index contributed by atoms with van der Waals surface area (Å²) in [4.78, 5) is 5.50. The Kier molecular flexibility index (Phi) is 5.00. The van der Waals surface area contributed by atoms with Gasteiger partial charge in [0.1, 0.15) is 0 Å². The smallest absolute Gasteiger partial charge is 0.0678 e. The standard InChI is InChI=1S/C17H32N2O/c1-14-12-19(13-15(2)20-14)17-8-10-18(11-9-17)16-6-4-3-5-7-16/h14-17H,3-13H2,1-2H3/t14-,15+. The van der Waals surface area contributed by atoms with Crippen LogP contribution in [0.4, 0.5) is 0 Å². The lowest BCUT2D eigenvalue weighted by Crippen LogP contribution is -2.54. The van der Waals surface area contributed by atoms with Crippen molar-refractivity contribution in [3.63, 3.8) is 0 Å². The maximum atomic E-state index is 5.87. The molecule has 1 saturated carbocycles. The Hall–Kier alpha value is -0.120. The van der Waals surface area contributed by atoms with Gasteiger partial charge in [0.25, 0.3) is 0 Å². The molecule has 0 unspecified atom stereocenters. The molecule has 0 N–H and O–H groups in total. The number of rotatable bonds is 2. The molecule has 0 spiro atoms. The van der Waals surface area contributed by atoms with Crippen LogP contribution in [0, 0.1) is 0 Å². The van der Waals surface area contributed by atoms with E-state index in [0.717, 1.165) is 25.2 Å². The van der Waals surface area contributed by atoms with E-state index in [9.17, 15) is 0 Å². The lowest BCUT2D eigenvalue weighted by Gasteiger charge is -2.45. The number of likely N-dealkylation sites (tertiary alicyclic amines) is 1. The third-order valence-electron chi connectivity index (χ3n) is 5.55. The van der Waals surface area contributed by atoms with Gasteiger partial charge >= 0.3 is 0 Å². The molecule has 116 valence electrons. The average molecular weight is 280 g/mol. The molecule has 0 aromatic carbocycles. The molecule has 3 aliphatic rings. The number of piperidine rings is 1. The molecule has 3 heteroatoms. The van der Waals surface area contributed by atoms with Crippen molar-refractivity contribution in [1.29, 1.82) is 0 Å². The van der Waals surface area contributed by atoms with Crippen LogP contribution in [0.3, 0.4) is 0 Å². The molecular formula is C17H32N2O. The van der Waals surface area contributed by atoms with Gasteiger partial charge in [-0.15, -0.1) is 0 Å². The van der Waals surface area contributed by atoms with Gasteiger partial charge in [-0.05, 0) is 52.6 Å². The maximum absolute atomic E-state index is 5.87. The molecule has 0 aromatic rings. The van der Waals surface area contributed by atoms with Crippen LogP contribution in [-0.2, 0) is 4.74 Å². The summed E-state index contributed by atoms with van der Waals surface area (Å²) in [5, 5.41) is 0. The fourth-order valence-corrected chi connectivity index (χ4v) is 4.58. The first-order chi connectivity index (χ1) is 9.72. The van der Waals surface area contributed by atoms with Crippen LogP contribution in [0.2, 0.25) is 0 Å². The van der Waals surface area contributed by atoms with E-state index in [2.05, 4.69) is 23.6 Å². The lowest BCUT2D eigenvalue weighted by molar-refractivity contribution is -0.0877. The second-order valence-corrected chi connectivity index (χ2v) is 7.27. The third kappa shape index (κ3) is 3.55. The minimum atomic E-state index is 0.412. The Bertz CT molecular complexity index is 285. The third-order valence-corrected chi connectivity index (χ3v) is 5.55. The van der Waals surface area contributed by atoms with Crippen molar-refractivity contribution in [1.82, 2.24) is 9.80 Å². The molecule has 2 saturated heterocycles. The normalized spacial score (nSPS) is 36.3. The Balaban J connectivity index is 1.48. The minimum Gasteiger partial charge on any atom is -0.373 e. The summed E-state index contributed by atoms with van der Waals surface area (Å²) < 4.78 is 5.87. The van der Waals surface area contributed by atoms with Gasteiger partial charge < -0.3 is 9.64 Å². The zero-order valence-corrected chi connectivity index (χ0v) is 13.4. The highest BCUT2D eigenvalue weighted by Crippen LogP contribution is 2.27. The second-order valence-electron chi connectivity index (χ2n) is 7.27. The van der Waals surface area contributed by atoms with Gasteiger partial charge in [-0.1, -0.05) is 19.3 Å². The maximum Gasteiger partial charge on any atom is 0.0678 e. The summed E-state index contributed by atoms with van der Waals surface area (Å²) in [5.74, 6) is 0. The van der Waals surface area contributed by atoms with Gasteiger partial charge in [-0.3, -0.25) is 4.90 Å². The molecule has 3 nitrogen and oxygen atoms in total. The summed E-state index contributed by atoms with van der Waals surface area (Å²) in [6.45, 7) is 9.38. The van der Waals surface area contributed by atoms with E-state index in [1.807, 2.05) is 0 Å². The van der Waals surface area contributed by atoms with Crippen molar-refractivity contribution >= 4 is 0 Å². The summed E-state index contributed by atoms with van der Waals surface area (Å²) in [6, 6.07) is 1.72. The first kappa shape index (κ1) is 14.8. The van der Waals surface area contributed by atoms with Crippen LogP contribution < -0.4 is 0 Å². The Morgan fingerprint density at radius 1 is 0.700 bits per heavy atom. The number of hydrogen-bond donors (Lipinski definition) is 0. The van der Waals surface area contributed by atoms with Crippen molar-refractivity contribution in [3.8, 4) is 0 Å². The van der Waals surface area contributed by atoms with Crippen LogP contribution in [0.5, 0.6) is 0 Å². The molecule has 0 bridgehead atoms. The van der Waals surface area contributed by atoms with Gasteiger partial charge in [0.15, 0.2) is 0 Å². The quantitative estimate of drug-likeness (QED) is 0.773. The van der Waals surface area contributed by atoms with Gasteiger partial charge in [0.2, 0.25) is 0 Å². The SMILES string of the molecule is C[C@@H]1CN(C2CCN(C3CCCCC3)CC2)C[C@H](C)O1. The fourth-order valence-electron chi connectivity index (χ4n) is 4.58. The minimum absolute atomic E-state index is 0.412. The van der Waals surface area contributed by atoms with Crippen LogP contribution >= 0.6 is 0 Å². The van der Waals surface area contributed by atoms with E-state index in [1.165, 1.54) is 58.0 Å². The highest BCUT2D eigenvalue weighted by Gasteiger charge is 2.32. The van der Waals surface area contributed by atoms with Gasteiger partial charge in [0.05, 0.1) is 12.2 Å². The van der Waals surface area contributed by atoms with Crippen molar-refractivity contribution in [2.45, 2.75) is 83.1 Å². The van der Waals surface area contributed by atoms with Crippen molar-refractivity contribution in [3.05, 3.63) is 0 Å². The van der Waals surface area contributed by atoms with Crippen LogP contribution in [0.15, 0.2) is 0 Å². The predicted octanol–water partition coefficient (Wildman–Crippen LogP) is 2.89. The zero-order valence-electron chi connectivity index (χ0n) is 13.4. The van der Waals surface area contributed by atoms with Crippen molar-refractivity contribution in [2.75, 3.05) is 26.2 Å². The largest absolute Gasteiger partial charge is 0.373 e. The number of ether oxygens (including phenoxy) is 1. The molecular weight excluding hydrogens is 248 g/mol. The number of hydrogen-bond acceptors (Lipinski definition) is 3. The van der Waals surface area contributed by atoms with E-state index in [-0.39, 0.29) is 0 Å². The number of morpholine rings is 1. The molecule has 2 aliphatic heterocycles. The Labute approximate surface area is 124 Å². The Morgan fingerprint density at radius 2 is 1.25 bits per heavy atom. The molecule has 0 aromatic heterocycles. The average Bonchev–Trinajstić information content (AvgIpc) is 2.47. The lowest BCUT2D eigenvalue weighted by atomic mass is 9.91. The summed E-state index contributed by atoms with van der Waals surface area (Å²) in [6.07, 6.45) is 10.9. The zero-order chi connectivity index (χ0) is 13.9. The molecule has 20 heavy (non-hydrogen) atoms. The highest BCUT2D eigenvalue weighted by atomic mass is 16.5. The van der Waals surface area contributed by atoms with Gasteiger partial charge in [-0.25, -0.2) is 0 Å². The topological polar surface area (TPSA) is 15.7 Å².